The Labute approximate surface area is 165 Å². The zero-order chi connectivity index (χ0) is 20.4. The van der Waals surface area contributed by atoms with Crippen molar-refractivity contribution in [1.29, 1.82) is 0 Å². The van der Waals surface area contributed by atoms with Crippen LogP contribution in [0.3, 0.4) is 0 Å². The van der Waals surface area contributed by atoms with Gasteiger partial charge in [0.05, 0.1) is 18.0 Å². The largest absolute Gasteiger partial charge is 0.494 e. The van der Waals surface area contributed by atoms with Crippen LogP contribution in [0, 0.1) is 0 Å². The van der Waals surface area contributed by atoms with Crippen LogP contribution >= 0.6 is 11.3 Å². The summed E-state index contributed by atoms with van der Waals surface area (Å²) in [6, 6.07) is 9.84. The molecule has 0 atom stereocenters. The summed E-state index contributed by atoms with van der Waals surface area (Å²) in [5, 5.41) is 6.50. The molecule has 0 aliphatic heterocycles. The summed E-state index contributed by atoms with van der Waals surface area (Å²) in [5.41, 5.74) is 0.386. The van der Waals surface area contributed by atoms with Gasteiger partial charge in [-0.1, -0.05) is 6.07 Å². The predicted molar refractivity (Wildman–Crippen MR) is 103 cm³/mol. The number of ether oxygens (including phenoxy) is 2. The van der Waals surface area contributed by atoms with Gasteiger partial charge in [0.25, 0.3) is 5.91 Å². The molecule has 0 aliphatic rings. The van der Waals surface area contributed by atoms with E-state index in [9.17, 15) is 19.2 Å². The molecule has 1 heterocycles. The number of esters is 1. The van der Waals surface area contributed by atoms with E-state index in [1.807, 2.05) is 6.92 Å². The highest BCUT2D eigenvalue weighted by Crippen LogP contribution is 2.12. The first-order chi connectivity index (χ1) is 13.5. The summed E-state index contributed by atoms with van der Waals surface area (Å²) in [6.45, 7) is 1.28. The summed E-state index contributed by atoms with van der Waals surface area (Å²) >= 11 is 1.25. The van der Waals surface area contributed by atoms with Crippen molar-refractivity contribution in [3.63, 3.8) is 0 Å². The molecule has 8 nitrogen and oxygen atoms in total. The molecule has 0 unspecified atom stereocenters. The molecule has 0 saturated carbocycles. The monoisotopic (exact) mass is 404 g/mol. The highest BCUT2D eigenvalue weighted by atomic mass is 32.1. The molecule has 2 N–H and O–H groups in total. The van der Waals surface area contributed by atoms with Gasteiger partial charge in [-0.25, -0.2) is 0 Å². The van der Waals surface area contributed by atoms with Gasteiger partial charge in [-0.05, 0) is 42.6 Å². The first kappa shape index (κ1) is 21.1. The molecule has 9 heteroatoms. The first-order valence-corrected chi connectivity index (χ1v) is 9.37. The number of hydrogen-bond donors (Lipinski definition) is 2. The maximum atomic E-state index is 12.0. The standard InChI is InChI=1S/C19H20N2O6S/c1-2-26-14-7-5-13(6-8-14)15(22)12-27-18(24)11-20-17(23)10-21-19(25)16-4-3-9-28-16/h3-9H,2,10-12H2,1H3,(H,20,23)(H,21,25). The van der Waals surface area contributed by atoms with Crippen molar-refractivity contribution >= 4 is 34.9 Å². The summed E-state index contributed by atoms with van der Waals surface area (Å²) in [7, 11) is 0. The van der Waals surface area contributed by atoms with Crippen molar-refractivity contribution in [2.45, 2.75) is 6.92 Å². The fourth-order valence-corrected chi connectivity index (χ4v) is 2.71. The average molecular weight is 404 g/mol. The molecule has 2 rings (SSSR count). The molecule has 1 aromatic heterocycles. The summed E-state index contributed by atoms with van der Waals surface area (Å²) in [6.07, 6.45) is 0. The van der Waals surface area contributed by atoms with Gasteiger partial charge in [0.15, 0.2) is 12.4 Å². The second kappa shape index (κ2) is 10.8. The zero-order valence-electron chi connectivity index (χ0n) is 15.2. The number of Topliss-reactive ketones (excluding diaryl/α,β-unsaturated/α-hetero) is 1. The lowest BCUT2D eigenvalue weighted by atomic mass is 10.1. The fourth-order valence-electron chi connectivity index (χ4n) is 2.07. The number of amides is 2. The molecule has 2 amide bonds. The number of nitrogens with one attached hydrogen (secondary N) is 2. The van der Waals surface area contributed by atoms with Crippen LogP contribution in [0.1, 0.15) is 27.0 Å². The maximum Gasteiger partial charge on any atom is 0.325 e. The van der Waals surface area contributed by atoms with Crippen molar-refractivity contribution in [2.75, 3.05) is 26.3 Å². The van der Waals surface area contributed by atoms with E-state index >= 15 is 0 Å². The Morgan fingerprint density at radius 1 is 1.00 bits per heavy atom. The van der Waals surface area contributed by atoms with Gasteiger partial charge in [-0.2, -0.15) is 0 Å². The van der Waals surface area contributed by atoms with Gasteiger partial charge in [-0.3, -0.25) is 19.2 Å². The molecule has 0 fully saturated rings. The first-order valence-electron chi connectivity index (χ1n) is 8.49. The van der Waals surface area contributed by atoms with Gasteiger partial charge < -0.3 is 20.1 Å². The third-order valence-corrected chi connectivity index (χ3v) is 4.30. The number of carbonyl (C=O) groups is 4. The highest BCUT2D eigenvalue weighted by Gasteiger charge is 2.12. The number of benzene rings is 1. The second-order valence-electron chi connectivity index (χ2n) is 5.48. The molecular formula is C19H20N2O6S. The predicted octanol–water partition coefficient (Wildman–Crippen LogP) is 1.42. The average Bonchev–Trinajstić information content (AvgIpc) is 3.24. The number of thiophene rings is 1. The van der Waals surface area contributed by atoms with Crippen molar-refractivity contribution in [1.82, 2.24) is 10.6 Å². The molecule has 0 radical (unpaired) electrons. The van der Waals surface area contributed by atoms with Crippen LogP contribution in [0.25, 0.3) is 0 Å². The Hall–Kier alpha value is -3.20. The van der Waals surface area contributed by atoms with Gasteiger partial charge in [0, 0.05) is 5.56 Å². The lowest BCUT2D eigenvalue weighted by molar-refractivity contribution is -0.142. The van der Waals surface area contributed by atoms with Crippen molar-refractivity contribution < 1.29 is 28.7 Å². The van der Waals surface area contributed by atoms with E-state index in [4.69, 9.17) is 9.47 Å². The van der Waals surface area contributed by atoms with Gasteiger partial charge in [0.1, 0.15) is 12.3 Å². The van der Waals surface area contributed by atoms with Crippen LogP contribution in [-0.4, -0.2) is 49.9 Å². The van der Waals surface area contributed by atoms with Crippen molar-refractivity contribution in [3.8, 4) is 5.75 Å². The zero-order valence-corrected chi connectivity index (χ0v) is 16.0. The molecule has 28 heavy (non-hydrogen) atoms. The van der Waals surface area contributed by atoms with Gasteiger partial charge >= 0.3 is 5.97 Å². The minimum absolute atomic E-state index is 0.269. The summed E-state index contributed by atoms with van der Waals surface area (Å²) in [4.78, 5) is 47.5. The number of carbonyl (C=O) groups excluding carboxylic acids is 4. The molecule has 0 bridgehead atoms. The van der Waals surface area contributed by atoms with E-state index in [2.05, 4.69) is 10.6 Å². The van der Waals surface area contributed by atoms with E-state index in [1.165, 1.54) is 11.3 Å². The lowest BCUT2D eigenvalue weighted by Crippen LogP contribution is -2.39. The normalized spacial score (nSPS) is 10.0. The third kappa shape index (κ3) is 6.84. The van der Waals surface area contributed by atoms with E-state index in [1.54, 1.807) is 41.8 Å². The Kier molecular flexibility index (Phi) is 8.16. The highest BCUT2D eigenvalue weighted by molar-refractivity contribution is 7.12. The molecule has 0 saturated heterocycles. The Morgan fingerprint density at radius 3 is 2.39 bits per heavy atom. The van der Waals surface area contributed by atoms with Crippen LogP contribution in [0.15, 0.2) is 41.8 Å². The topological polar surface area (TPSA) is 111 Å². The second-order valence-corrected chi connectivity index (χ2v) is 6.43. The minimum atomic E-state index is -0.753. The third-order valence-electron chi connectivity index (χ3n) is 3.44. The Balaban J connectivity index is 1.65. The molecule has 0 spiro atoms. The van der Waals surface area contributed by atoms with E-state index in [-0.39, 0.29) is 18.2 Å². The Morgan fingerprint density at radius 2 is 1.75 bits per heavy atom. The summed E-state index contributed by atoms with van der Waals surface area (Å²) < 4.78 is 10.1. The molecule has 0 aliphatic carbocycles. The number of rotatable bonds is 10. The van der Waals surface area contributed by atoms with Crippen LogP contribution in [0.2, 0.25) is 0 Å². The van der Waals surface area contributed by atoms with Crippen LogP contribution in [-0.2, 0) is 14.3 Å². The van der Waals surface area contributed by atoms with Crippen LogP contribution in [0.4, 0.5) is 0 Å². The summed E-state index contributed by atoms with van der Waals surface area (Å²) in [5.74, 6) is -1.39. The SMILES string of the molecule is CCOc1ccc(C(=O)COC(=O)CNC(=O)CNC(=O)c2cccs2)cc1. The smallest absolute Gasteiger partial charge is 0.325 e. The number of ketones is 1. The fraction of sp³-hybridized carbons (Fsp3) is 0.263. The van der Waals surface area contributed by atoms with Crippen molar-refractivity contribution in [3.05, 3.63) is 52.2 Å². The van der Waals surface area contributed by atoms with Crippen LogP contribution in [0.5, 0.6) is 5.75 Å². The van der Waals surface area contributed by atoms with E-state index < -0.39 is 25.0 Å². The van der Waals surface area contributed by atoms with Crippen LogP contribution < -0.4 is 15.4 Å². The Bertz CT molecular complexity index is 817. The lowest BCUT2D eigenvalue weighted by Gasteiger charge is -2.07. The maximum absolute atomic E-state index is 12.0. The molecule has 1 aromatic carbocycles. The van der Waals surface area contributed by atoms with E-state index in [0.717, 1.165) is 0 Å². The minimum Gasteiger partial charge on any atom is -0.494 e. The van der Waals surface area contributed by atoms with Gasteiger partial charge in [-0.15, -0.1) is 11.3 Å². The van der Waals surface area contributed by atoms with E-state index in [0.29, 0.717) is 22.8 Å². The molecular weight excluding hydrogens is 384 g/mol. The molecule has 148 valence electrons. The molecule has 2 aromatic rings. The van der Waals surface area contributed by atoms with Gasteiger partial charge in [0.2, 0.25) is 5.91 Å². The van der Waals surface area contributed by atoms with Crippen molar-refractivity contribution in [2.24, 2.45) is 0 Å². The quantitative estimate of drug-likeness (QED) is 0.458. The number of hydrogen-bond acceptors (Lipinski definition) is 7.